The summed E-state index contributed by atoms with van der Waals surface area (Å²) in [5.41, 5.74) is 4.96. The Kier molecular flexibility index (Phi) is 2.88. The maximum absolute atomic E-state index is 11.6. The number of carbonyl (C=O) groups is 1. The van der Waals surface area contributed by atoms with Crippen LogP contribution in [0.1, 0.15) is 31.2 Å². The Labute approximate surface area is 124 Å². The molecule has 3 heteroatoms. The first kappa shape index (κ1) is 12.7. The van der Waals surface area contributed by atoms with Crippen molar-refractivity contribution < 1.29 is 9.90 Å². The molecule has 0 bridgehead atoms. The highest BCUT2D eigenvalue weighted by Gasteiger charge is 2.28. The van der Waals surface area contributed by atoms with Crippen LogP contribution in [0.25, 0.3) is 0 Å². The van der Waals surface area contributed by atoms with Gasteiger partial charge in [0.2, 0.25) is 0 Å². The van der Waals surface area contributed by atoms with E-state index in [1.54, 1.807) is 6.07 Å². The van der Waals surface area contributed by atoms with Gasteiger partial charge in [-0.25, -0.2) is 0 Å². The summed E-state index contributed by atoms with van der Waals surface area (Å²) in [5.74, 6) is 1.19. The maximum atomic E-state index is 11.6. The summed E-state index contributed by atoms with van der Waals surface area (Å²) in [4.78, 5) is 14.0. The van der Waals surface area contributed by atoms with Gasteiger partial charge in [-0.3, -0.25) is 4.79 Å². The SMILES string of the molecule is O=C1C=C2C=C(N3CCc4cc(O)ccc43)CCC2CC1. The van der Waals surface area contributed by atoms with Gasteiger partial charge in [0, 0.05) is 24.4 Å². The Morgan fingerprint density at radius 1 is 1.10 bits per heavy atom. The van der Waals surface area contributed by atoms with E-state index in [0.717, 1.165) is 32.2 Å². The predicted molar refractivity (Wildman–Crippen MR) is 82.3 cm³/mol. The van der Waals surface area contributed by atoms with E-state index in [-0.39, 0.29) is 5.78 Å². The minimum atomic E-state index is 0.269. The summed E-state index contributed by atoms with van der Waals surface area (Å²) in [6.45, 7) is 0.969. The Morgan fingerprint density at radius 2 is 1.95 bits per heavy atom. The first-order valence-corrected chi connectivity index (χ1v) is 7.75. The molecule has 2 aliphatic carbocycles. The van der Waals surface area contributed by atoms with E-state index in [4.69, 9.17) is 0 Å². The number of benzene rings is 1. The zero-order valence-electron chi connectivity index (χ0n) is 12.0. The molecule has 1 heterocycles. The number of ketones is 1. The van der Waals surface area contributed by atoms with Crippen molar-refractivity contribution in [3.63, 3.8) is 0 Å². The molecule has 0 amide bonds. The minimum absolute atomic E-state index is 0.269. The van der Waals surface area contributed by atoms with Crippen molar-refractivity contribution in [2.45, 2.75) is 32.1 Å². The van der Waals surface area contributed by atoms with Crippen LogP contribution in [0.5, 0.6) is 5.75 Å². The van der Waals surface area contributed by atoms with Gasteiger partial charge >= 0.3 is 0 Å². The standard InChI is InChI=1S/C18H19NO2/c20-16-4-2-12-1-3-15(9-14(12)11-16)19-8-7-13-10-17(21)5-6-18(13)19/h5-6,9-12,21H,1-4,7-8H2. The molecule has 1 N–H and O–H groups in total. The Hall–Kier alpha value is -2.03. The van der Waals surface area contributed by atoms with Gasteiger partial charge in [0.25, 0.3) is 0 Å². The molecular formula is C18H19NO2. The second kappa shape index (κ2) is 4.76. The number of phenolic OH excluding ortho intramolecular Hbond substituents is 1. The largest absolute Gasteiger partial charge is 0.508 e. The number of nitrogens with zero attached hydrogens (tertiary/aromatic N) is 1. The summed E-state index contributed by atoms with van der Waals surface area (Å²) in [7, 11) is 0. The van der Waals surface area contributed by atoms with Crippen molar-refractivity contribution in [2.75, 3.05) is 11.4 Å². The van der Waals surface area contributed by atoms with Crippen molar-refractivity contribution >= 4 is 11.5 Å². The molecule has 0 fully saturated rings. The summed E-state index contributed by atoms with van der Waals surface area (Å²) in [6, 6.07) is 5.63. The number of hydrogen-bond acceptors (Lipinski definition) is 3. The molecule has 1 atom stereocenters. The van der Waals surface area contributed by atoms with Gasteiger partial charge in [-0.05, 0) is 73.1 Å². The van der Waals surface area contributed by atoms with Crippen LogP contribution in [0, 0.1) is 5.92 Å². The molecule has 4 rings (SSSR count). The highest BCUT2D eigenvalue weighted by atomic mass is 16.3. The normalized spacial score (nSPS) is 24.3. The smallest absolute Gasteiger partial charge is 0.155 e. The van der Waals surface area contributed by atoms with Crippen molar-refractivity contribution in [1.82, 2.24) is 0 Å². The number of hydrogen-bond donors (Lipinski definition) is 1. The van der Waals surface area contributed by atoms with Gasteiger partial charge < -0.3 is 10.0 Å². The van der Waals surface area contributed by atoms with Crippen LogP contribution < -0.4 is 4.90 Å². The van der Waals surface area contributed by atoms with Crippen LogP contribution in [0.2, 0.25) is 0 Å². The van der Waals surface area contributed by atoms with Crippen LogP contribution in [-0.4, -0.2) is 17.4 Å². The lowest BCUT2D eigenvalue weighted by Crippen LogP contribution is -2.25. The number of aromatic hydroxyl groups is 1. The van der Waals surface area contributed by atoms with Gasteiger partial charge in [0.05, 0.1) is 0 Å². The fraction of sp³-hybridized carbons (Fsp3) is 0.389. The van der Waals surface area contributed by atoms with Gasteiger partial charge in [-0.2, -0.15) is 0 Å². The van der Waals surface area contributed by atoms with E-state index >= 15 is 0 Å². The van der Waals surface area contributed by atoms with E-state index in [0.29, 0.717) is 18.1 Å². The molecule has 21 heavy (non-hydrogen) atoms. The summed E-state index contributed by atoms with van der Waals surface area (Å²) < 4.78 is 0. The van der Waals surface area contributed by atoms with Gasteiger partial charge in [-0.15, -0.1) is 0 Å². The average molecular weight is 281 g/mol. The Balaban J connectivity index is 1.68. The molecule has 0 aromatic heterocycles. The molecule has 1 aliphatic heterocycles. The molecule has 3 aliphatic rings. The second-order valence-electron chi connectivity index (χ2n) is 6.24. The lowest BCUT2D eigenvalue weighted by Gasteiger charge is -2.32. The summed E-state index contributed by atoms with van der Waals surface area (Å²) in [6.07, 6.45) is 9.00. The number of rotatable bonds is 1. The number of fused-ring (bicyclic) bond motifs is 2. The van der Waals surface area contributed by atoms with Crippen LogP contribution in [0.15, 0.2) is 41.6 Å². The Bertz CT molecular complexity index is 672. The third kappa shape index (κ3) is 2.17. The van der Waals surface area contributed by atoms with E-state index < -0.39 is 0 Å². The summed E-state index contributed by atoms with van der Waals surface area (Å²) in [5, 5.41) is 9.60. The lowest BCUT2D eigenvalue weighted by atomic mass is 9.79. The minimum Gasteiger partial charge on any atom is -0.508 e. The van der Waals surface area contributed by atoms with E-state index in [1.165, 1.54) is 22.5 Å². The molecule has 3 nitrogen and oxygen atoms in total. The molecule has 0 spiro atoms. The molecule has 0 saturated carbocycles. The van der Waals surface area contributed by atoms with Crippen LogP contribution >= 0.6 is 0 Å². The quantitative estimate of drug-likeness (QED) is 0.858. The first-order chi connectivity index (χ1) is 10.2. The fourth-order valence-electron chi connectivity index (χ4n) is 3.82. The van der Waals surface area contributed by atoms with Crippen molar-refractivity contribution in [1.29, 1.82) is 0 Å². The number of allylic oxidation sites excluding steroid dienone is 4. The highest BCUT2D eigenvalue weighted by molar-refractivity contribution is 5.92. The number of anilines is 1. The van der Waals surface area contributed by atoms with Crippen molar-refractivity contribution in [2.24, 2.45) is 5.92 Å². The van der Waals surface area contributed by atoms with Crippen LogP contribution in [0.3, 0.4) is 0 Å². The highest BCUT2D eigenvalue weighted by Crippen LogP contribution is 2.40. The second-order valence-corrected chi connectivity index (χ2v) is 6.24. The van der Waals surface area contributed by atoms with Crippen molar-refractivity contribution in [3.05, 3.63) is 47.2 Å². The van der Waals surface area contributed by atoms with Gasteiger partial charge in [0.1, 0.15) is 5.75 Å². The lowest BCUT2D eigenvalue weighted by molar-refractivity contribution is -0.115. The fourth-order valence-corrected chi connectivity index (χ4v) is 3.82. The zero-order chi connectivity index (χ0) is 14.4. The molecule has 0 saturated heterocycles. The zero-order valence-corrected chi connectivity index (χ0v) is 12.0. The molecule has 0 radical (unpaired) electrons. The first-order valence-electron chi connectivity index (χ1n) is 7.75. The van der Waals surface area contributed by atoms with Crippen molar-refractivity contribution in [3.8, 4) is 5.75 Å². The summed E-state index contributed by atoms with van der Waals surface area (Å²) >= 11 is 0. The van der Waals surface area contributed by atoms with E-state index in [1.807, 2.05) is 18.2 Å². The third-order valence-electron chi connectivity index (χ3n) is 4.93. The number of phenols is 1. The van der Waals surface area contributed by atoms with Gasteiger partial charge in [-0.1, -0.05) is 0 Å². The maximum Gasteiger partial charge on any atom is 0.155 e. The van der Waals surface area contributed by atoms with Gasteiger partial charge in [0.15, 0.2) is 5.78 Å². The third-order valence-corrected chi connectivity index (χ3v) is 4.93. The predicted octanol–water partition coefficient (Wildman–Crippen LogP) is 3.34. The molecule has 1 aromatic carbocycles. The van der Waals surface area contributed by atoms with E-state index in [2.05, 4.69) is 11.0 Å². The van der Waals surface area contributed by atoms with Crippen LogP contribution in [0.4, 0.5) is 5.69 Å². The monoisotopic (exact) mass is 281 g/mol. The number of carbonyl (C=O) groups excluding carboxylic acids is 1. The van der Waals surface area contributed by atoms with Crippen LogP contribution in [-0.2, 0) is 11.2 Å². The molecule has 108 valence electrons. The molecule has 1 unspecified atom stereocenters. The topological polar surface area (TPSA) is 40.5 Å². The average Bonchev–Trinajstić information content (AvgIpc) is 2.89. The molecular weight excluding hydrogens is 262 g/mol. The molecule has 1 aromatic rings. The Morgan fingerprint density at radius 3 is 2.86 bits per heavy atom. The van der Waals surface area contributed by atoms with E-state index in [9.17, 15) is 9.90 Å².